The zero-order chi connectivity index (χ0) is 22.0. The first-order valence-electron chi connectivity index (χ1n) is 8.86. The summed E-state index contributed by atoms with van der Waals surface area (Å²) in [5.74, 6) is -2.60. The lowest BCUT2D eigenvalue weighted by molar-refractivity contribution is 0.0595. The van der Waals surface area contributed by atoms with Gasteiger partial charge in [0.1, 0.15) is 11.6 Å². The second-order valence-corrected chi connectivity index (χ2v) is 6.61. The summed E-state index contributed by atoms with van der Waals surface area (Å²) in [6, 6.07) is 8.13. The molecule has 0 saturated heterocycles. The van der Waals surface area contributed by atoms with Crippen LogP contribution in [0.1, 0.15) is 40.9 Å². The molecule has 0 bridgehead atoms. The number of esters is 1. The molecule has 0 aliphatic heterocycles. The molecule has 0 unspecified atom stereocenters. The number of hydrogen-bond acceptors (Lipinski definition) is 5. The molecule has 30 heavy (non-hydrogen) atoms. The number of aromatic carboxylic acids is 1. The summed E-state index contributed by atoms with van der Waals surface area (Å²) in [4.78, 5) is 22.1. The zero-order valence-electron chi connectivity index (χ0n) is 16.3. The van der Waals surface area contributed by atoms with Gasteiger partial charge < -0.3 is 9.84 Å². The van der Waals surface area contributed by atoms with E-state index in [0.29, 0.717) is 21.8 Å². The number of benzene rings is 2. The molecule has 2 aromatic heterocycles. The van der Waals surface area contributed by atoms with E-state index in [4.69, 9.17) is 5.11 Å². The lowest BCUT2D eigenvalue weighted by Crippen LogP contribution is -2.05. The number of hydrogen-bond donors (Lipinski definition) is 2. The Balaban J connectivity index is 0.000000172. The predicted molar refractivity (Wildman–Crippen MR) is 104 cm³/mol. The van der Waals surface area contributed by atoms with Gasteiger partial charge >= 0.3 is 11.9 Å². The molecule has 156 valence electrons. The first kappa shape index (κ1) is 20.9. The van der Waals surface area contributed by atoms with Crippen LogP contribution in [-0.4, -0.2) is 44.1 Å². The monoisotopic (exact) mass is 416 g/mol. The van der Waals surface area contributed by atoms with Crippen molar-refractivity contribution < 1.29 is 28.2 Å². The van der Waals surface area contributed by atoms with Gasteiger partial charge in [0.05, 0.1) is 18.1 Å². The van der Waals surface area contributed by atoms with Crippen molar-refractivity contribution in [2.24, 2.45) is 0 Å². The summed E-state index contributed by atoms with van der Waals surface area (Å²) >= 11 is 0. The maximum atomic E-state index is 13.1. The third-order valence-electron chi connectivity index (χ3n) is 4.26. The molecule has 0 amide bonds. The lowest BCUT2D eigenvalue weighted by atomic mass is 10.2. The van der Waals surface area contributed by atoms with E-state index >= 15 is 0 Å². The zero-order valence-corrected chi connectivity index (χ0v) is 16.3. The van der Waals surface area contributed by atoms with E-state index in [2.05, 4.69) is 20.0 Å². The number of aromatic amines is 1. The number of nitrogens with one attached hydrogen (secondary N) is 1. The first-order valence-corrected chi connectivity index (χ1v) is 8.86. The smallest absolute Gasteiger partial charge is 0.359 e. The van der Waals surface area contributed by atoms with Gasteiger partial charge in [0.25, 0.3) is 0 Å². The molecule has 2 N–H and O–H groups in total. The number of ether oxygens (including phenoxy) is 1. The molecule has 0 saturated carbocycles. The Morgan fingerprint density at radius 1 is 1.07 bits per heavy atom. The summed E-state index contributed by atoms with van der Waals surface area (Å²) in [7, 11) is 1.25. The Kier molecular flexibility index (Phi) is 5.77. The van der Waals surface area contributed by atoms with Gasteiger partial charge in [-0.1, -0.05) is 0 Å². The third-order valence-corrected chi connectivity index (χ3v) is 4.26. The molecule has 10 heteroatoms. The van der Waals surface area contributed by atoms with Gasteiger partial charge in [-0.15, -0.1) is 0 Å². The number of carboxylic acids is 1. The van der Waals surface area contributed by atoms with Crippen LogP contribution in [0.25, 0.3) is 21.8 Å². The number of H-pyrrole nitrogens is 1. The highest BCUT2D eigenvalue weighted by Crippen LogP contribution is 2.23. The van der Waals surface area contributed by atoms with Gasteiger partial charge in [-0.05, 0) is 50.2 Å². The number of carboxylic acid groups (broad SMARTS) is 1. The molecule has 4 aromatic rings. The van der Waals surface area contributed by atoms with Crippen LogP contribution < -0.4 is 0 Å². The fourth-order valence-corrected chi connectivity index (χ4v) is 2.90. The number of carbonyl (C=O) groups excluding carboxylic acids is 1. The first-order chi connectivity index (χ1) is 14.2. The molecule has 2 heterocycles. The Morgan fingerprint density at radius 3 is 2.30 bits per heavy atom. The number of halogens is 2. The van der Waals surface area contributed by atoms with Crippen LogP contribution in [0, 0.1) is 11.6 Å². The number of aromatic nitrogens is 4. The highest BCUT2D eigenvalue weighted by Gasteiger charge is 2.18. The van der Waals surface area contributed by atoms with Gasteiger partial charge in [-0.2, -0.15) is 10.2 Å². The fraction of sp³-hybridized carbons (Fsp3) is 0.200. The minimum absolute atomic E-state index is 0.0288. The molecular formula is C20H18F2N4O4. The van der Waals surface area contributed by atoms with Gasteiger partial charge in [-0.25, -0.2) is 18.4 Å². The van der Waals surface area contributed by atoms with Crippen LogP contribution in [0.4, 0.5) is 8.78 Å². The molecule has 8 nitrogen and oxygen atoms in total. The van der Waals surface area contributed by atoms with Crippen LogP contribution >= 0.6 is 0 Å². The molecular weight excluding hydrogens is 398 g/mol. The van der Waals surface area contributed by atoms with Crippen molar-refractivity contribution in [1.82, 2.24) is 20.0 Å². The highest BCUT2D eigenvalue weighted by atomic mass is 19.1. The lowest BCUT2D eigenvalue weighted by Gasteiger charge is -2.06. The molecule has 0 atom stereocenters. The fourth-order valence-electron chi connectivity index (χ4n) is 2.90. The largest absolute Gasteiger partial charge is 0.476 e. The summed E-state index contributed by atoms with van der Waals surface area (Å²) in [5, 5.41) is 20.1. The van der Waals surface area contributed by atoms with Crippen molar-refractivity contribution in [3.05, 3.63) is 59.4 Å². The van der Waals surface area contributed by atoms with E-state index in [-0.39, 0.29) is 17.4 Å². The number of methoxy groups -OCH3 is 1. The number of rotatable bonds is 3. The van der Waals surface area contributed by atoms with E-state index in [1.807, 2.05) is 13.8 Å². The standard InChI is InChI=1S/C11H11FN2O2.C9H7FN2O2/c1-6(2)14-9-4-3-7(12)5-8(9)10(13-14)11(15)16;1-14-9(13)8-6-4-5(10)2-3-7(6)11-12-8/h3-6H,1-2H3,(H,15,16);2-4H,1H3,(H,11,12). The van der Waals surface area contributed by atoms with E-state index in [1.54, 1.807) is 10.7 Å². The topological polar surface area (TPSA) is 110 Å². The highest BCUT2D eigenvalue weighted by molar-refractivity contribution is 6.02. The summed E-state index contributed by atoms with van der Waals surface area (Å²) in [5.41, 5.74) is 1.23. The van der Waals surface area contributed by atoms with Crippen LogP contribution in [0.2, 0.25) is 0 Å². The molecule has 4 rings (SSSR count). The summed E-state index contributed by atoms with van der Waals surface area (Å²) in [6.07, 6.45) is 0. The van der Waals surface area contributed by atoms with E-state index in [9.17, 15) is 18.4 Å². The van der Waals surface area contributed by atoms with Crippen molar-refractivity contribution in [2.45, 2.75) is 19.9 Å². The summed E-state index contributed by atoms with van der Waals surface area (Å²) in [6.45, 7) is 3.78. The second kappa shape index (κ2) is 8.27. The minimum atomic E-state index is -1.14. The Morgan fingerprint density at radius 2 is 1.70 bits per heavy atom. The van der Waals surface area contributed by atoms with Crippen LogP contribution in [-0.2, 0) is 4.74 Å². The molecule has 0 aliphatic carbocycles. The molecule has 2 aromatic carbocycles. The van der Waals surface area contributed by atoms with E-state index in [1.165, 1.54) is 37.4 Å². The quantitative estimate of drug-likeness (QED) is 0.490. The Labute approximate surface area is 169 Å². The van der Waals surface area contributed by atoms with Crippen molar-refractivity contribution in [1.29, 1.82) is 0 Å². The maximum Gasteiger partial charge on any atom is 0.359 e. The second-order valence-electron chi connectivity index (χ2n) is 6.61. The van der Waals surface area contributed by atoms with Crippen molar-refractivity contribution >= 4 is 33.7 Å². The predicted octanol–water partition coefficient (Wildman–Crippen LogP) is 3.94. The number of fused-ring (bicyclic) bond motifs is 2. The van der Waals surface area contributed by atoms with E-state index in [0.717, 1.165) is 0 Å². The normalized spacial score (nSPS) is 10.9. The Bertz CT molecular complexity index is 1250. The van der Waals surface area contributed by atoms with Crippen LogP contribution in [0.15, 0.2) is 36.4 Å². The van der Waals surface area contributed by atoms with Gasteiger partial charge in [-0.3, -0.25) is 9.78 Å². The molecule has 0 radical (unpaired) electrons. The van der Waals surface area contributed by atoms with Crippen molar-refractivity contribution in [2.75, 3.05) is 7.11 Å². The Hall–Kier alpha value is -3.82. The molecule has 0 fully saturated rings. The number of carbonyl (C=O) groups is 2. The SMILES string of the molecule is CC(C)n1nc(C(=O)O)c2cc(F)ccc21.COC(=O)c1n[nH]c2ccc(F)cc12. The molecule has 0 aliphatic rings. The van der Waals surface area contributed by atoms with Crippen molar-refractivity contribution in [3.8, 4) is 0 Å². The average molecular weight is 416 g/mol. The van der Waals surface area contributed by atoms with Crippen LogP contribution in [0.5, 0.6) is 0 Å². The van der Waals surface area contributed by atoms with Gasteiger partial charge in [0.2, 0.25) is 0 Å². The maximum absolute atomic E-state index is 13.1. The number of nitrogens with zero attached hydrogens (tertiary/aromatic N) is 3. The third kappa shape index (κ3) is 3.97. The average Bonchev–Trinajstić information content (AvgIpc) is 3.28. The van der Waals surface area contributed by atoms with Crippen LogP contribution in [0.3, 0.4) is 0 Å². The van der Waals surface area contributed by atoms with Gasteiger partial charge in [0.15, 0.2) is 11.4 Å². The molecule has 0 spiro atoms. The van der Waals surface area contributed by atoms with Gasteiger partial charge in [0, 0.05) is 16.8 Å². The van der Waals surface area contributed by atoms with Crippen molar-refractivity contribution in [3.63, 3.8) is 0 Å². The minimum Gasteiger partial charge on any atom is -0.476 e. The summed E-state index contributed by atoms with van der Waals surface area (Å²) < 4.78 is 32.0. The van der Waals surface area contributed by atoms with E-state index < -0.39 is 23.6 Å².